The number of hydrogen-bond donors (Lipinski definition) is 2. The van der Waals surface area contributed by atoms with E-state index in [9.17, 15) is 14.4 Å². The number of benzene rings is 2. The molecule has 0 spiro atoms. The second-order valence-corrected chi connectivity index (χ2v) is 6.22. The number of carbonyl (C=O) groups is 3. The molecule has 7 heteroatoms. The predicted octanol–water partition coefficient (Wildman–Crippen LogP) is 3.39. The van der Waals surface area contributed by atoms with Gasteiger partial charge in [0.2, 0.25) is 0 Å². The van der Waals surface area contributed by atoms with Gasteiger partial charge in [0.15, 0.2) is 5.78 Å². The Kier molecular flexibility index (Phi) is 5.57. The lowest BCUT2D eigenvalue weighted by molar-refractivity contribution is -0.139. The Morgan fingerprint density at radius 2 is 1.74 bits per heavy atom. The number of Topliss-reactive ketones (excluding diaryl/α,β-unsaturated/α-hetero) is 1. The van der Waals surface area contributed by atoms with Gasteiger partial charge in [0.1, 0.15) is 5.70 Å². The van der Waals surface area contributed by atoms with E-state index in [-0.39, 0.29) is 23.7 Å². The molecule has 0 radical (unpaired) electrons. The molecule has 1 aliphatic heterocycles. The fraction of sp³-hybridized carbons (Fsp3) is 0.150. The molecule has 0 aliphatic carbocycles. The second kappa shape index (κ2) is 8.05. The van der Waals surface area contributed by atoms with Crippen molar-refractivity contribution in [3.63, 3.8) is 0 Å². The van der Waals surface area contributed by atoms with E-state index in [0.717, 1.165) is 0 Å². The van der Waals surface area contributed by atoms with Gasteiger partial charge in [0.05, 0.1) is 18.2 Å². The van der Waals surface area contributed by atoms with Crippen molar-refractivity contribution in [1.82, 2.24) is 10.6 Å². The smallest absolute Gasteiger partial charge is 0.355 e. The Hall–Kier alpha value is -3.12. The highest BCUT2D eigenvalue weighted by Gasteiger charge is 2.36. The fourth-order valence-electron chi connectivity index (χ4n) is 2.82. The first-order chi connectivity index (χ1) is 13.0. The fourth-order valence-corrected chi connectivity index (χ4v) is 2.95. The van der Waals surface area contributed by atoms with Crippen LogP contribution in [0.3, 0.4) is 0 Å². The van der Waals surface area contributed by atoms with Crippen molar-refractivity contribution in [1.29, 1.82) is 0 Å². The highest BCUT2D eigenvalue weighted by molar-refractivity contribution is 6.30. The monoisotopic (exact) mass is 384 g/mol. The van der Waals surface area contributed by atoms with E-state index in [2.05, 4.69) is 10.6 Å². The number of rotatable bonds is 5. The second-order valence-electron chi connectivity index (χ2n) is 5.79. The van der Waals surface area contributed by atoms with Crippen molar-refractivity contribution in [2.45, 2.75) is 13.0 Å². The largest absolute Gasteiger partial charge is 0.461 e. The van der Waals surface area contributed by atoms with E-state index in [4.69, 9.17) is 16.3 Å². The average Bonchev–Trinajstić information content (AvgIpc) is 2.68. The zero-order chi connectivity index (χ0) is 19.4. The van der Waals surface area contributed by atoms with E-state index in [0.29, 0.717) is 16.1 Å². The van der Waals surface area contributed by atoms with Crippen LogP contribution >= 0.6 is 11.6 Å². The number of carbonyl (C=O) groups excluding carboxylic acids is 3. The third-order valence-electron chi connectivity index (χ3n) is 4.04. The van der Waals surface area contributed by atoms with Crippen molar-refractivity contribution in [3.05, 3.63) is 82.0 Å². The molecule has 0 saturated carbocycles. The molecule has 0 fully saturated rings. The first-order valence-corrected chi connectivity index (χ1v) is 8.73. The van der Waals surface area contributed by atoms with Crippen LogP contribution in [0.2, 0.25) is 5.02 Å². The van der Waals surface area contributed by atoms with Crippen molar-refractivity contribution in [3.8, 4) is 0 Å². The molecular formula is C20H17ClN2O4. The number of amides is 2. The van der Waals surface area contributed by atoms with E-state index in [1.807, 2.05) is 0 Å². The highest BCUT2D eigenvalue weighted by atomic mass is 35.5. The molecule has 6 nitrogen and oxygen atoms in total. The summed E-state index contributed by atoms with van der Waals surface area (Å²) in [5, 5.41) is 5.64. The number of ether oxygens (including phenoxy) is 1. The number of urea groups is 1. The summed E-state index contributed by atoms with van der Waals surface area (Å²) in [5.74, 6) is -1.14. The summed E-state index contributed by atoms with van der Waals surface area (Å²) < 4.78 is 5.04. The summed E-state index contributed by atoms with van der Waals surface area (Å²) in [6.45, 7) is 1.76. The van der Waals surface area contributed by atoms with Gasteiger partial charge in [-0.2, -0.15) is 0 Å². The third-order valence-corrected chi connectivity index (χ3v) is 4.29. The SMILES string of the molecule is CCOC(=O)C1=C(C(=O)c2ccccc2)[C@@H](c2ccc(Cl)cc2)NC(=O)N1. The lowest BCUT2D eigenvalue weighted by Gasteiger charge is -2.29. The molecule has 2 aromatic rings. The van der Waals surface area contributed by atoms with Crippen LogP contribution in [0.1, 0.15) is 28.9 Å². The van der Waals surface area contributed by atoms with Gasteiger partial charge in [-0.15, -0.1) is 0 Å². The molecule has 0 bridgehead atoms. The van der Waals surface area contributed by atoms with E-state index in [1.54, 1.807) is 61.5 Å². The van der Waals surface area contributed by atoms with Crippen LogP contribution in [-0.4, -0.2) is 24.4 Å². The van der Waals surface area contributed by atoms with Crippen molar-refractivity contribution in [2.24, 2.45) is 0 Å². The van der Waals surface area contributed by atoms with Gasteiger partial charge >= 0.3 is 12.0 Å². The van der Waals surface area contributed by atoms with Crippen LogP contribution in [-0.2, 0) is 9.53 Å². The summed E-state index contributed by atoms with van der Waals surface area (Å²) in [6, 6.07) is 13.8. The molecule has 1 heterocycles. The molecular weight excluding hydrogens is 368 g/mol. The van der Waals surface area contributed by atoms with Crippen LogP contribution in [0.25, 0.3) is 0 Å². The van der Waals surface area contributed by atoms with Gasteiger partial charge in [0, 0.05) is 10.6 Å². The Bertz CT molecular complexity index is 907. The summed E-state index contributed by atoms with van der Waals surface area (Å²) in [5.41, 5.74) is 0.970. The van der Waals surface area contributed by atoms with Gasteiger partial charge in [-0.3, -0.25) is 4.79 Å². The Labute approximate surface area is 161 Å². The first kappa shape index (κ1) is 18.7. The van der Waals surface area contributed by atoms with Crippen LogP contribution in [0.15, 0.2) is 65.9 Å². The molecule has 1 atom stereocenters. The first-order valence-electron chi connectivity index (χ1n) is 8.35. The van der Waals surface area contributed by atoms with Gasteiger partial charge in [-0.05, 0) is 24.6 Å². The molecule has 0 unspecified atom stereocenters. The van der Waals surface area contributed by atoms with E-state index in [1.165, 1.54) is 0 Å². The molecule has 1 aliphatic rings. The molecule has 0 saturated heterocycles. The van der Waals surface area contributed by atoms with Crippen LogP contribution in [0.5, 0.6) is 0 Å². The molecule has 2 aromatic carbocycles. The standard InChI is InChI=1S/C20H17ClN2O4/c1-2-27-19(25)17-15(18(24)13-6-4-3-5-7-13)16(22-20(26)23-17)12-8-10-14(21)11-9-12/h3-11,16H,2H2,1H3,(H2,22,23,26)/t16-/m1/s1. The molecule has 2 amide bonds. The van der Waals surface area contributed by atoms with E-state index < -0.39 is 18.0 Å². The summed E-state index contributed by atoms with van der Waals surface area (Å²) >= 11 is 5.94. The Balaban J connectivity index is 2.16. The maximum atomic E-state index is 13.2. The van der Waals surface area contributed by atoms with Gasteiger partial charge in [-0.25, -0.2) is 9.59 Å². The minimum absolute atomic E-state index is 0.113. The van der Waals surface area contributed by atoms with Crippen molar-refractivity contribution in [2.75, 3.05) is 6.61 Å². The van der Waals surface area contributed by atoms with Crippen molar-refractivity contribution >= 4 is 29.4 Å². The van der Waals surface area contributed by atoms with Gasteiger partial charge < -0.3 is 15.4 Å². The molecule has 27 heavy (non-hydrogen) atoms. The lowest BCUT2D eigenvalue weighted by Crippen LogP contribution is -2.47. The molecule has 2 N–H and O–H groups in total. The summed E-state index contributed by atoms with van der Waals surface area (Å²) in [4.78, 5) is 37.8. The maximum Gasteiger partial charge on any atom is 0.355 e. The quantitative estimate of drug-likeness (QED) is 0.611. The Morgan fingerprint density at radius 3 is 2.37 bits per heavy atom. The molecule has 0 aromatic heterocycles. The van der Waals surface area contributed by atoms with Crippen molar-refractivity contribution < 1.29 is 19.1 Å². The Morgan fingerprint density at radius 1 is 1.07 bits per heavy atom. The zero-order valence-corrected chi connectivity index (χ0v) is 15.2. The van der Waals surface area contributed by atoms with Gasteiger partial charge in [0.25, 0.3) is 0 Å². The topological polar surface area (TPSA) is 84.5 Å². The lowest BCUT2D eigenvalue weighted by atomic mass is 9.89. The van der Waals surface area contributed by atoms with Crippen LogP contribution in [0.4, 0.5) is 4.79 Å². The zero-order valence-electron chi connectivity index (χ0n) is 14.5. The third kappa shape index (κ3) is 4.01. The minimum Gasteiger partial charge on any atom is -0.461 e. The molecule has 3 rings (SSSR count). The number of hydrogen-bond acceptors (Lipinski definition) is 4. The minimum atomic E-state index is -0.817. The predicted molar refractivity (Wildman–Crippen MR) is 100 cm³/mol. The highest BCUT2D eigenvalue weighted by Crippen LogP contribution is 2.30. The number of nitrogens with one attached hydrogen (secondary N) is 2. The normalized spacial score (nSPS) is 16.4. The van der Waals surface area contributed by atoms with Crippen LogP contribution in [0, 0.1) is 0 Å². The number of esters is 1. The van der Waals surface area contributed by atoms with E-state index >= 15 is 0 Å². The molecule has 138 valence electrons. The van der Waals surface area contributed by atoms with Gasteiger partial charge in [-0.1, -0.05) is 54.1 Å². The maximum absolute atomic E-state index is 13.2. The summed E-state index contributed by atoms with van der Waals surface area (Å²) in [7, 11) is 0. The number of halogens is 1. The summed E-state index contributed by atoms with van der Waals surface area (Å²) in [6.07, 6.45) is 0. The van der Waals surface area contributed by atoms with Crippen LogP contribution < -0.4 is 10.6 Å². The number of ketones is 1. The average molecular weight is 385 g/mol.